The Morgan fingerprint density at radius 3 is 2.71 bits per heavy atom. The molecule has 1 heterocycles. The highest BCUT2D eigenvalue weighted by atomic mass is 35.5. The van der Waals surface area contributed by atoms with Gasteiger partial charge in [0.1, 0.15) is 5.02 Å². The van der Waals surface area contributed by atoms with Crippen LogP contribution in [0.4, 0.5) is 11.4 Å². The van der Waals surface area contributed by atoms with Gasteiger partial charge in [-0.3, -0.25) is 24.6 Å². The SMILES string of the molecule is CC(=O)N1C(=O)Cc2cc([N+](=O)[O-])c(Cl)cc21. The van der Waals surface area contributed by atoms with Gasteiger partial charge in [-0.2, -0.15) is 0 Å². The van der Waals surface area contributed by atoms with Crippen molar-refractivity contribution in [3.05, 3.63) is 32.8 Å². The molecule has 0 unspecified atom stereocenters. The first-order valence-electron chi connectivity index (χ1n) is 4.72. The highest BCUT2D eigenvalue weighted by Gasteiger charge is 2.33. The minimum atomic E-state index is -0.622. The second kappa shape index (κ2) is 3.81. The van der Waals surface area contributed by atoms with Gasteiger partial charge in [-0.15, -0.1) is 0 Å². The lowest BCUT2D eigenvalue weighted by Crippen LogP contribution is -2.31. The van der Waals surface area contributed by atoms with Crippen LogP contribution < -0.4 is 4.90 Å². The molecule has 0 fully saturated rings. The number of imide groups is 1. The van der Waals surface area contributed by atoms with Crippen LogP contribution in [0.15, 0.2) is 12.1 Å². The van der Waals surface area contributed by atoms with Crippen LogP contribution in [0.3, 0.4) is 0 Å². The molecule has 0 aliphatic carbocycles. The first-order valence-corrected chi connectivity index (χ1v) is 5.10. The summed E-state index contributed by atoms with van der Waals surface area (Å²) in [4.78, 5) is 33.9. The van der Waals surface area contributed by atoms with Gasteiger partial charge in [0.05, 0.1) is 17.0 Å². The summed E-state index contributed by atoms with van der Waals surface area (Å²) in [5.41, 5.74) is 0.517. The summed E-state index contributed by atoms with van der Waals surface area (Å²) in [5.74, 6) is -0.831. The average molecular weight is 255 g/mol. The van der Waals surface area contributed by atoms with E-state index in [1.54, 1.807) is 0 Å². The van der Waals surface area contributed by atoms with Gasteiger partial charge in [-0.25, -0.2) is 0 Å². The number of anilines is 1. The molecular weight excluding hydrogens is 248 g/mol. The van der Waals surface area contributed by atoms with E-state index in [-0.39, 0.29) is 17.1 Å². The normalized spacial score (nSPS) is 13.8. The van der Waals surface area contributed by atoms with Gasteiger partial charge in [0.25, 0.3) is 5.69 Å². The minimum absolute atomic E-state index is 0.0209. The van der Waals surface area contributed by atoms with E-state index in [9.17, 15) is 19.7 Å². The number of carbonyl (C=O) groups excluding carboxylic acids is 2. The number of hydrogen-bond donors (Lipinski definition) is 0. The van der Waals surface area contributed by atoms with E-state index in [2.05, 4.69) is 0 Å². The number of rotatable bonds is 1. The second-order valence-corrected chi connectivity index (χ2v) is 4.02. The van der Waals surface area contributed by atoms with Crippen molar-refractivity contribution in [1.82, 2.24) is 0 Å². The molecule has 2 rings (SSSR count). The maximum Gasteiger partial charge on any atom is 0.288 e. The molecule has 0 saturated carbocycles. The molecule has 1 aliphatic heterocycles. The number of amides is 2. The molecule has 17 heavy (non-hydrogen) atoms. The topological polar surface area (TPSA) is 80.5 Å². The number of carbonyl (C=O) groups is 2. The minimum Gasteiger partial charge on any atom is -0.274 e. The van der Waals surface area contributed by atoms with Crippen LogP contribution in [-0.4, -0.2) is 16.7 Å². The molecule has 0 radical (unpaired) electrons. The molecule has 0 bridgehead atoms. The van der Waals surface area contributed by atoms with Crippen LogP contribution in [0.2, 0.25) is 5.02 Å². The molecular formula is C10H7ClN2O4. The van der Waals surface area contributed by atoms with Gasteiger partial charge in [0.15, 0.2) is 0 Å². The quantitative estimate of drug-likeness (QED) is 0.564. The van der Waals surface area contributed by atoms with Gasteiger partial charge in [-0.1, -0.05) is 11.6 Å². The Morgan fingerprint density at radius 2 is 2.18 bits per heavy atom. The number of hydrogen-bond acceptors (Lipinski definition) is 4. The molecule has 1 aliphatic rings. The molecule has 2 amide bonds. The molecule has 0 atom stereocenters. The van der Waals surface area contributed by atoms with Gasteiger partial charge in [0, 0.05) is 13.0 Å². The van der Waals surface area contributed by atoms with E-state index < -0.39 is 16.7 Å². The van der Waals surface area contributed by atoms with E-state index in [4.69, 9.17) is 11.6 Å². The van der Waals surface area contributed by atoms with Crippen molar-refractivity contribution < 1.29 is 14.5 Å². The predicted molar refractivity (Wildman–Crippen MR) is 60.0 cm³/mol. The maximum atomic E-state index is 11.6. The molecule has 1 aromatic carbocycles. The fourth-order valence-corrected chi connectivity index (χ4v) is 2.03. The molecule has 0 aromatic heterocycles. The number of fused-ring (bicyclic) bond motifs is 1. The molecule has 88 valence electrons. The molecule has 6 nitrogen and oxygen atoms in total. The summed E-state index contributed by atoms with van der Waals surface area (Å²) in [5, 5.41) is 10.6. The van der Waals surface area contributed by atoms with Crippen LogP contribution in [0.1, 0.15) is 12.5 Å². The van der Waals surface area contributed by atoms with Gasteiger partial charge < -0.3 is 0 Å². The Kier molecular flexibility index (Phi) is 2.59. The molecule has 0 spiro atoms. The van der Waals surface area contributed by atoms with Crippen molar-refractivity contribution in [1.29, 1.82) is 0 Å². The van der Waals surface area contributed by atoms with Crippen molar-refractivity contribution in [2.45, 2.75) is 13.3 Å². The highest BCUT2D eigenvalue weighted by Crippen LogP contribution is 2.37. The van der Waals surface area contributed by atoms with E-state index in [0.717, 1.165) is 4.90 Å². The molecule has 0 N–H and O–H groups in total. The number of benzene rings is 1. The van der Waals surface area contributed by atoms with E-state index in [1.807, 2.05) is 0 Å². The standard InChI is InChI=1S/C10H7ClN2O4/c1-5(14)12-8-4-7(11)9(13(16)17)2-6(8)3-10(12)15/h2,4H,3H2,1H3. The lowest BCUT2D eigenvalue weighted by molar-refractivity contribution is -0.384. The third-order valence-electron chi connectivity index (χ3n) is 2.49. The van der Waals surface area contributed by atoms with Gasteiger partial charge >= 0.3 is 0 Å². The largest absolute Gasteiger partial charge is 0.288 e. The zero-order valence-corrected chi connectivity index (χ0v) is 9.52. The van der Waals surface area contributed by atoms with Crippen LogP contribution >= 0.6 is 11.6 Å². The van der Waals surface area contributed by atoms with Crippen molar-refractivity contribution >= 4 is 34.8 Å². The van der Waals surface area contributed by atoms with Crippen molar-refractivity contribution in [2.24, 2.45) is 0 Å². The summed E-state index contributed by atoms with van der Waals surface area (Å²) in [6.45, 7) is 1.25. The third-order valence-corrected chi connectivity index (χ3v) is 2.79. The summed E-state index contributed by atoms with van der Waals surface area (Å²) in [7, 11) is 0. The van der Waals surface area contributed by atoms with Gasteiger partial charge in [0.2, 0.25) is 11.8 Å². The van der Waals surface area contributed by atoms with Crippen molar-refractivity contribution in [3.8, 4) is 0 Å². The fourth-order valence-electron chi connectivity index (χ4n) is 1.81. The summed E-state index contributed by atoms with van der Waals surface area (Å²) < 4.78 is 0. The number of nitro benzene ring substituents is 1. The number of nitrogens with zero attached hydrogens (tertiary/aromatic N) is 2. The van der Waals surface area contributed by atoms with Crippen molar-refractivity contribution in [2.75, 3.05) is 4.90 Å². The van der Waals surface area contributed by atoms with Crippen LogP contribution in [-0.2, 0) is 16.0 Å². The number of nitro groups is 1. The monoisotopic (exact) mass is 254 g/mol. The van der Waals surface area contributed by atoms with Crippen LogP contribution in [0.25, 0.3) is 0 Å². The second-order valence-electron chi connectivity index (χ2n) is 3.61. The first kappa shape index (κ1) is 11.5. The van der Waals surface area contributed by atoms with E-state index >= 15 is 0 Å². The Bertz CT molecular complexity index is 555. The third kappa shape index (κ3) is 1.76. The Labute approximate surface area is 101 Å². The zero-order chi connectivity index (χ0) is 12.7. The summed E-state index contributed by atoms with van der Waals surface area (Å²) in [6, 6.07) is 2.51. The zero-order valence-electron chi connectivity index (χ0n) is 8.77. The predicted octanol–water partition coefficient (Wildman–Crippen LogP) is 1.68. The fraction of sp³-hybridized carbons (Fsp3) is 0.200. The van der Waals surface area contributed by atoms with Crippen LogP contribution in [0.5, 0.6) is 0 Å². The lowest BCUT2D eigenvalue weighted by Gasteiger charge is -2.12. The maximum absolute atomic E-state index is 11.6. The Hall–Kier alpha value is -1.95. The molecule has 0 saturated heterocycles. The molecule has 1 aromatic rings. The summed E-state index contributed by atoms with van der Waals surface area (Å²) in [6.07, 6.45) is -0.0209. The first-order chi connectivity index (χ1) is 7.91. The van der Waals surface area contributed by atoms with Crippen LogP contribution in [0, 0.1) is 10.1 Å². The Balaban J connectivity index is 2.60. The Morgan fingerprint density at radius 1 is 1.53 bits per heavy atom. The van der Waals surface area contributed by atoms with Crippen molar-refractivity contribution in [3.63, 3.8) is 0 Å². The average Bonchev–Trinajstić information content (AvgIpc) is 2.51. The summed E-state index contributed by atoms with van der Waals surface area (Å²) >= 11 is 5.73. The number of halogens is 1. The van der Waals surface area contributed by atoms with Gasteiger partial charge in [-0.05, 0) is 11.6 Å². The smallest absolute Gasteiger partial charge is 0.274 e. The van der Waals surface area contributed by atoms with E-state index in [0.29, 0.717) is 11.3 Å². The van der Waals surface area contributed by atoms with E-state index in [1.165, 1.54) is 19.1 Å². The lowest BCUT2D eigenvalue weighted by atomic mass is 10.1. The highest BCUT2D eigenvalue weighted by molar-refractivity contribution is 6.33. The molecule has 7 heteroatoms.